The molecule has 0 saturated carbocycles. The largest absolute Gasteiger partial charge is 0.298 e. The molecule has 5 heteroatoms. The molecule has 1 N–H and O–H groups in total. The number of thiazole rings is 1. The molecule has 0 aliphatic heterocycles. The Bertz CT molecular complexity index is 642. The molecule has 0 radical (unpaired) electrons. The van der Waals surface area contributed by atoms with Gasteiger partial charge in [0, 0.05) is 4.88 Å². The van der Waals surface area contributed by atoms with E-state index in [1.165, 1.54) is 28.7 Å². The van der Waals surface area contributed by atoms with Gasteiger partial charge in [-0.2, -0.15) is 0 Å². The average Bonchev–Trinajstić information content (AvgIpc) is 2.83. The topological polar surface area (TPSA) is 42.0 Å². The summed E-state index contributed by atoms with van der Waals surface area (Å²) in [5, 5.41) is 3.28. The number of rotatable bonds is 2. The number of fused-ring (bicyclic) bond motifs is 1. The predicted molar refractivity (Wildman–Crippen MR) is 77.8 cm³/mol. The summed E-state index contributed by atoms with van der Waals surface area (Å²) in [6.45, 7) is 1.65. The summed E-state index contributed by atoms with van der Waals surface area (Å²) in [4.78, 5) is 17.8. The van der Waals surface area contributed by atoms with Crippen molar-refractivity contribution >= 4 is 22.4 Å². The van der Waals surface area contributed by atoms with Gasteiger partial charge >= 0.3 is 0 Å². The molecule has 0 unspecified atom stereocenters. The Balaban J connectivity index is 1.82. The summed E-state index contributed by atoms with van der Waals surface area (Å²) in [5.74, 6) is -0.899. The van der Waals surface area contributed by atoms with Crippen LogP contribution in [0.1, 0.15) is 39.3 Å². The van der Waals surface area contributed by atoms with Crippen molar-refractivity contribution in [2.75, 3.05) is 5.32 Å². The molecule has 0 atom stereocenters. The van der Waals surface area contributed by atoms with Crippen LogP contribution in [0.3, 0.4) is 0 Å². The molecule has 3 nitrogen and oxygen atoms in total. The Labute approximate surface area is 120 Å². The summed E-state index contributed by atoms with van der Waals surface area (Å²) < 4.78 is 13.9. The fourth-order valence-corrected chi connectivity index (χ4v) is 3.44. The molecule has 104 valence electrons. The van der Waals surface area contributed by atoms with Gasteiger partial charge in [-0.25, -0.2) is 9.37 Å². The number of hydrogen-bond acceptors (Lipinski definition) is 3. The van der Waals surface area contributed by atoms with Crippen molar-refractivity contribution in [2.24, 2.45) is 0 Å². The molecule has 1 aromatic carbocycles. The lowest BCUT2D eigenvalue weighted by molar-refractivity contribution is 0.102. The van der Waals surface area contributed by atoms with Gasteiger partial charge in [0.1, 0.15) is 5.82 Å². The summed E-state index contributed by atoms with van der Waals surface area (Å²) in [6, 6.07) is 4.82. The molecule has 0 saturated heterocycles. The lowest BCUT2D eigenvalue weighted by Crippen LogP contribution is -2.14. The van der Waals surface area contributed by atoms with E-state index in [1.54, 1.807) is 19.1 Å². The van der Waals surface area contributed by atoms with E-state index in [4.69, 9.17) is 0 Å². The van der Waals surface area contributed by atoms with Crippen LogP contribution in [0, 0.1) is 12.7 Å². The normalized spacial score (nSPS) is 13.9. The Hall–Kier alpha value is -1.75. The summed E-state index contributed by atoms with van der Waals surface area (Å²) >= 11 is 1.50. The second-order valence-corrected chi connectivity index (χ2v) is 6.07. The number of halogens is 1. The Morgan fingerprint density at radius 2 is 2.15 bits per heavy atom. The smallest absolute Gasteiger partial charge is 0.260 e. The van der Waals surface area contributed by atoms with Gasteiger partial charge in [0.15, 0.2) is 5.13 Å². The van der Waals surface area contributed by atoms with E-state index >= 15 is 0 Å². The van der Waals surface area contributed by atoms with Gasteiger partial charge in [0.05, 0.1) is 11.3 Å². The number of nitrogens with one attached hydrogen (secondary N) is 1. The number of aromatic nitrogens is 1. The third-order valence-corrected chi connectivity index (χ3v) is 4.58. The number of aryl methyl sites for hydroxylation is 3. The van der Waals surface area contributed by atoms with Gasteiger partial charge < -0.3 is 0 Å². The first-order valence-electron chi connectivity index (χ1n) is 6.70. The van der Waals surface area contributed by atoms with Crippen molar-refractivity contribution in [3.63, 3.8) is 0 Å². The number of amides is 1. The average molecular weight is 290 g/mol. The quantitative estimate of drug-likeness (QED) is 0.916. The first-order valence-corrected chi connectivity index (χ1v) is 7.52. The van der Waals surface area contributed by atoms with Gasteiger partial charge in [-0.3, -0.25) is 10.1 Å². The fourth-order valence-electron chi connectivity index (χ4n) is 2.39. The molecule has 0 bridgehead atoms. The van der Waals surface area contributed by atoms with Crippen LogP contribution in [-0.4, -0.2) is 10.9 Å². The van der Waals surface area contributed by atoms with Gasteiger partial charge in [-0.1, -0.05) is 12.1 Å². The van der Waals surface area contributed by atoms with Crippen LogP contribution >= 0.6 is 11.3 Å². The second-order valence-electron chi connectivity index (χ2n) is 4.99. The van der Waals surface area contributed by atoms with E-state index < -0.39 is 11.7 Å². The Kier molecular flexibility index (Phi) is 3.53. The lowest BCUT2D eigenvalue weighted by Gasteiger charge is -2.06. The van der Waals surface area contributed by atoms with E-state index in [-0.39, 0.29) is 5.56 Å². The van der Waals surface area contributed by atoms with Crippen LogP contribution in [-0.2, 0) is 12.8 Å². The van der Waals surface area contributed by atoms with Crippen LogP contribution in [0.2, 0.25) is 0 Å². The molecule has 20 heavy (non-hydrogen) atoms. The molecule has 1 amide bonds. The van der Waals surface area contributed by atoms with Gasteiger partial charge in [-0.15, -0.1) is 11.3 Å². The Morgan fingerprint density at radius 1 is 1.35 bits per heavy atom. The fraction of sp³-hybridized carbons (Fsp3) is 0.333. The highest BCUT2D eigenvalue weighted by atomic mass is 32.1. The third kappa shape index (κ3) is 2.45. The monoisotopic (exact) mass is 290 g/mol. The maximum Gasteiger partial charge on any atom is 0.260 e. The number of anilines is 1. The standard InChI is InChI=1S/C15H15FN2OS/c1-9-5-4-6-10(13(9)16)14(19)18-15-17-11-7-2-3-8-12(11)20-15/h4-6H,2-3,7-8H2,1H3,(H,17,18,19). The van der Waals surface area contributed by atoms with Gasteiger partial charge in [-0.05, 0) is 44.2 Å². The van der Waals surface area contributed by atoms with E-state index in [0.717, 1.165) is 25.0 Å². The molecule has 0 fully saturated rings. The zero-order valence-corrected chi connectivity index (χ0v) is 12.0. The van der Waals surface area contributed by atoms with Crippen molar-refractivity contribution in [3.8, 4) is 0 Å². The van der Waals surface area contributed by atoms with Crippen molar-refractivity contribution in [2.45, 2.75) is 32.6 Å². The van der Waals surface area contributed by atoms with Crippen molar-refractivity contribution in [1.82, 2.24) is 4.98 Å². The molecule has 0 spiro atoms. The lowest BCUT2D eigenvalue weighted by atomic mass is 10.0. The summed E-state index contributed by atoms with van der Waals surface area (Å²) in [6.07, 6.45) is 4.33. The Morgan fingerprint density at radius 3 is 2.95 bits per heavy atom. The molecular formula is C15H15FN2OS. The molecule has 1 aromatic heterocycles. The van der Waals surface area contributed by atoms with Crippen molar-refractivity contribution in [3.05, 3.63) is 45.7 Å². The number of benzene rings is 1. The highest BCUT2D eigenvalue weighted by molar-refractivity contribution is 7.15. The maximum absolute atomic E-state index is 13.9. The van der Waals surface area contributed by atoms with E-state index in [9.17, 15) is 9.18 Å². The summed E-state index contributed by atoms with van der Waals surface area (Å²) in [5.41, 5.74) is 1.62. The predicted octanol–water partition coefficient (Wildman–Crippen LogP) is 3.72. The minimum Gasteiger partial charge on any atom is -0.298 e. The zero-order chi connectivity index (χ0) is 14.1. The number of carbonyl (C=O) groups excluding carboxylic acids is 1. The molecule has 3 rings (SSSR count). The molecule has 1 aliphatic carbocycles. The highest BCUT2D eigenvalue weighted by Gasteiger charge is 2.18. The first kappa shape index (κ1) is 13.2. The first-order chi connectivity index (χ1) is 9.65. The van der Waals surface area contributed by atoms with E-state index in [1.807, 2.05) is 0 Å². The van der Waals surface area contributed by atoms with Gasteiger partial charge in [0.2, 0.25) is 0 Å². The SMILES string of the molecule is Cc1cccc(C(=O)Nc2nc3c(s2)CCCC3)c1F. The van der Waals surface area contributed by atoms with E-state index in [2.05, 4.69) is 10.3 Å². The molecule has 1 aliphatic rings. The number of nitrogens with zero attached hydrogens (tertiary/aromatic N) is 1. The van der Waals surface area contributed by atoms with Gasteiger partial charge in [0.25, 0.3) is 5.91 Å². The van der Waals surface area contributed by atoms with Crippen LogP contribution in [0.15, 0.2) is 18.2 Å². The molecule has 2 aromatic rings. The van der Waals surface area contributed by atoms with Crippen LogP contribution < -0.4 is 5.32 Å². The molecular weight excluding hydrogens is 275 g/mol. The minimum absolute atomic E-state index is 0.0678. The summed E-state index contributed by atoms with van der Waals surface area (Å²) in [7, 11) is 0. The van der Waals surface area contributed by atoms with Crippen LogP contribution in [0.5, 0.6) is 0 Å². The van der Waals surface area contributed by atoms with E-state index in [0.29, 0.717) is 10.7 Å². The molecule has 1 heterocycles. The zero-order valence-electron chi connectivity index (χ0n) is 11.2. The maximum atomic E-state index is 13.9. The third-order valence-electron chi connectivity index (χ3n) is 3.50. The van der Waals surface area contributed by atoms with Crippen molar-refractivity contribution in [1.29, 1.82) is 0 Å². The van der Waals surface area contributed by atoms with Crippen LogP contribution in [0.25, 0.3) is 0 Å². The highest BCUT2D eigenvalue weighted by Crippen LogP contribution is 2.29. The number of hydrogen-bond donors (Lipinski definition) is 1. The van der Waals surface area contributed by atoms with Crippen LogP contribution in [0.4, 0.5) is 9.52 Å². The van der Waals surface area contributed by atoms with Crippen molar-refractivity contribution < 1.29 is 9.18 Å². The second kappa shape index (κ2) is 5.32. The minimum atomic E-state index is -0.466. The number of carbonyl (C=O) groups is 1.